The third kappa shape index (κ3) is 8.55. The molecule has 0 aromatic carbocycles. The summed E-state index contributed by atoms with van der Waals surface area (Å²) in [6.45, 7) is 14.3. The Labute approximate surface area is 192 Å². The molecule has 32 heavy (non-hydrogen) atoms. The van der Waals surface area contributed by atoms with E-state index in [9.17, 15) is 19.5 Å². The minimum Gasteiger partial charge on any atom is -0.480 e. The van der Waals surface area contributed by atoms with Gasteiger partial charge >= 0.3 is 12.1 Å². The largest absolute Gasteiger partial charge is 0.480 e. The molecule has 1 rings (SSSR count). The van der Waals surface area contributed by atoms with Gasteiger partial charge < -0.3 is 24.4 Å². The van der Waals surface area contributed by atoms with Gasteiger partial charge in [-0.2, -0.15) is 0 Å². The Kier molecular flexibility index (Phi) is 10.9. The summed E-state index contributed by atoms with van der Waals surface area (Å²) >= 11 is 0. The number of carboxylic acids is 1. The highest BCUT2D eigenvalue weighted by atomic mass is 16.6. The van der Waals surface area contributed by atoms with Gasteiger partial charge in [0.05, 0.1) is 6.61 Å². The lowest BCUT2D eigenvalue weighted by Crippen LogP contribution is -2.56. The van der Waals surface area contributed by atoms with Gasteiger partial charge in [0.2, 0.25) is 5.91 Å². The predicted molar refractivity (Wildman–Crippen MR) is 122 cm³/mol. The topological polar surface area (TPSA) is 103 Å². The maximum atomic E-state index is 13.0. The fraction of sp³-hybridized carbons (Fsp3) is 0.864. The fourth-order valence-electron chi connectivity index (χ4n) is 3.80. The molecule has 2 amide bonds. The van der Waals surface area contributed by atoms with Crippen molar-refractivity contribution >= 4 is 18.0 Å². The lowest BCUT2D eigenvalue weighted by atomic mass is 9.98. The molecule has 0 aromatic rings. The second-order valence-electron chi connectivity index (χ2n) is 9.61. The number of methoxy groups -OCH3 is 1. The van der Waals surface area contributed by atoms with Crippen LogP contribution < -0.4 is 0 Å². The van der Waals surface area contributed by atoms with Gasteiger partial charge in [0, 0.05) is 60.5 Å². The zero-order chi connectivity index (χ0) is 24.6. The van der Waals surface area contributed by atoms with Crippen LogP contribution in [0.15, 0.2) is 0 Å². The van der Waals surface area contributed by atoms with Crippen LogP contribution in [0.3, 0.4) is 0 Å². The first-order valence-electron chi connectivity index (χ1n) is 11.2. The molecule has 1 fully saturated rings. The summed E-state index contributed by atoms with van der Waals surface area (Å²) in [6.07, 6.45) is -0.627. The predicted octanol–water partition coefficient (Wildman–Crippen LogP) is 1.05. The zero-order valence-corrected chi connectivity index (χ0v) is 21.0. The molecule has 0 aliphatic carbocycles. The van der Waals surface area contributed by atoms with Crippen LogP contribution in [-0.4, -0.2) is 127 Å². The summed E-state index contributed by atoms with van der Waals surface area (Å²) in [5, 5.41) is 9.87. The summed E-state index contributed by atoms with van der Waals surface area (Å²) in [5.41, 5.74) is -0.689. The van der Waals surface area contributed by atoms with E-state index in [2.05, 4.69) is 9.80 Å². The van der Waals surface area contributed by atoms with Gasteiger partial charge in [0.1, 0.15) is 17.7 Å². The molecular formula is C22H42N4O6. The molecule has 0 bridgehead atoms. The molecule has 10 nitrogen and oxygen atoms in total. The van der Waals surface area contributed by atoms with E-state index in [1.807, 2.05) is 6.92 Å². The number of likely N-dealkylation sites (N-methyl/N-ethyl adjacent to an activating group) is 2. The molecule has 1 N–H and O–H groups in total. The maximum absolute atomic E-state index is 13.0. The third-order valence-corrected chi connectivity index (χ3v) is 5.80. The molecule has 0 radical (unpaired) electrons. The Bertz CT molecular complexity index is 630. The lowest BCUT2D eigenvalue weighted by molar-refractivity contribution is -0.153. The van der Waals surface area contributed by atoms with E-state index in [1.54, 1.807) is 34.8 Å². The Morgan fingerprint density at radius 2 is 1.53 bits per heavy atom. The van der Waals surface area contributed by atoms with Crippen LogP contribution in [0.25, 0.3) is 0 Å². The monoisotopic (exact) mass is 458 g/mol. The number of aliphatic carboxylic acids is 1. The van der Waals surface area contributed by atoms with Gasteiger partial charge in [-0.3, -0.25) is 14.6 Å². The van der Waals surface area contributed by atoms with E-state index >= 15 is 0 Å². The summed E-state index contributed by atoms with van der Waals surface area (Å²) in [5.74, 6) is -1.78. The lowest BCUT2D eigenvalue weighted by Gasteiger charge is -2.39. The summed E-state index contributed by atoms with van der Waals surface area (Å²) < 4.78 is 10.4. The van der Waals surface area contributed by atoms with Gasteiger partial charge in [-0.15, -0.1) is 0 Å². The van der Waals surface area contributed by atoms with Crippen LogP contribution in [0.2, 0.25) is 0 Å². The number of carbonyl (C=O) groups excluding carboxylic acids is 2. The molecule has 0 unspecified atom stereocenters. The minimum absolute atomic E-state index is 0.286. The van der Waals surface area contributed by atoms with E-state index < -0.39 is 35.7 Å². The number of hydrogen-bond donors (Lipinski definition) is 1. The number of hydrogen-bond acceptors (Lipinski definition) is 7. The smallest absolute Gasteiger partial charge is 0.410 e. The normalized spacial score (nSPS) is 18.5. The fourth-order valence-corrected chi connectivity index (χ4v) is 3.80. The quantitative estimate of drug-likeness (QED) is 0.518. The number of nitrogens with zero attached hydrogens (tertiary/aromatic N) is 4. The first-order valence-corrected chi connectivity index (χ1v) is 11.2. The van der Waals surface area contributed by atoms with Gasteiger partial charge in [0.25, 0.3) is 0 Å². The van der Waals surface area contributed by atoms with E-state index in [4.69, 9.17) is 9.47 Å². The van der Waals surface area contributed by atoms with Crippen molar-refractivity contribution in [2.75, 3.05) is 67.1 Å². The second-order valence-corrected chi connectivity index (χ2v) is 9.61. The third-order valence-electron chi connectivity index (χ3n) is 5.80. The molecule has 0 spiro atoms. The number of carboxylic acid groups (broad SMARTS) is 1. The number of carbonyl (C=O) groups is 3. The van der Waals surface area contributed by atoms with Crippen LogP contribution in [0.4, 0.5) is 4.79 Å². The summed E-state index contributed by atoms with van der Waals surface area (Å²) in [4.78, 5) is 44.4. The van der Waals surface area contributed by atoms with Crippen molar-refractivity contribution in [3.05, 3.63) is 0 Å². The van der Waals surface area contributed by atoms with Crippen LogP contribution in [0.5, 0.6) is 0 Å². The van der Waals surface area contributed by atoms with Crippen molar-refractivity contribution in [3.8, 4) is 0 Å². The van der Waals surface area contributed by atoms with Gasteiger partial charge in [-0.1, -0.05) is 6.92 Å². The van der Waals surface area contributed by atoms with Gasteiger partial charge in [-0.25, -0.2) is 9.59 Å². The molecular weight excluding hydrogens is 416 g/mol. The minimum atomic E-state index is -1.06. The molecule has 0 aromatic heterocycles. The molecule has 1 aliphatic heterocycles. The highest BCUT2D eigenvalue weighted by Crippen LogP contribution is 2.17. The van der Waals surface area contributed by atoms with Crippen LogP contribution >= 0.6 is 0 Å². The Balaban J connectivity index is 2.73. The number of piperazine rings is 1. The molecule has 186 valence electrons. The van der Waals surface area contributed by atoms with Crippen molar-refractivity contribution in [1.29, 1.82) is 0 Å². The van der Waals surface area contributed by atoms with Crippen molar-refractivity contribution in [2.24, 2.45) is 5.92 Å². The average molecular weight is 459 g/mol. The van der Waals surface area contributed by atoms with Crippen molar-refractivity contribution in [1.82, 2.24) is 19.6 Å². The molecule has 3 atom stereocenters. The number of rotatable bonds is 10. The highest BCUT2D eigenvalue weighted by molar-refractivity contribution is 5.89. The van der Waals surface area contributed by atoms with Crippen LogP contribution in [0.1, 0.15) is 34.6 Å². The maximum Gasteiger partial charge on any atom is 0.410 e. The van der Waals surface area contributed by atoms with Crippen LogP contribution in [0, 0.1) is 5.92 Å². The number of ether oxygens (including phenoxy) is 2. The van der Waals surface area contributed by atoms with Gasteiger partial charge in [0.15, 0.2) is 0 Å². The van der Waals surface area contributed by atoms with Crippen molar-refractivity contribution in [3.63, 3.8) is 0 Å². The first-order chi connectivity index (χ1) is 14.8. The SMILES string of the molecule is COCCN1CCN(C[C@H](C)[C@H](C(=O)O)N(C)C(=O)[C@@H](C)N(C)C(=O)OC(C)(C)C)CC1. The molecule has 10 heteroatoms. The molecule has 1 aliphatic rings. The van der Waals surface area contributed by atoms with Crippen LogP contribution in [-0.2, 0) is 19.1 Å². The summed E-state index contributed by atoms with van der Waals surface area (Å²) in [7, 11) is 4.65. The van der Waals surface area contributed by atoms with Gasteiger partial charge in [-0.05, 0) is 33.6 Å². The Morgan fingerprint density at radius 3 is 2.00 bits per heavy atom. The number of amides is 2. The Morgan fingerprint density at radius 1 is 1.00 bits per heavy atom. The molecule has 1 saturated heterocycles. The Hall–Kier alpha value is -1.91. The molecule has 1 heterocycles. The van der Waals surface area contributed by atoms with E-state index in [0.29, 0.717) is 13.2 Å². The van der Waals surface area contributed by atoms with E-state index in [1.165, 1.54) is 23.9 Å². The van der Waals surface area contributed by atoms with Crippen molar-refractivity contribution in [2.45, 2.75) is 52.3 Å². The van der Waals surface area contributed by atoms with Crippen molar-refractivity contribution < 1.29 is 29.0 Å². The second kappa shape index (κ2) is 12.4. The van der Waals surface area contributed by atoms with E-state index in [0.717, 1.165) is 32.7 Å². The first kappa shape index (κ1) is 28.1. The standard InChI is InChI=1S/C22H42N4O6/c1-16(15-26-11-9-25(10-12-26)13-14-31-8)18(20(28)29)24(7)19(27)17(2)23(6)21(30)32-22(3,4)5/h16-18H,9-15H2,1-8H3,(H,28,29)/t16-,17+,18+/m0/s1. The highest BCUT2D eigenvalue weighted by Gasteiger charge is 2.37. The summed E-state index contributed by atoms with van der Waals surface area (Å²) in [6, 6.07) is -1.85. The van der Waals surface area contributed by atoms with E-state index in [-0.39, 0.29) is 5.92 Å². The zero-order valence-electron chi connectivity index (χ0n) is 21.0. The average Bonchev–Trinajstić information content (AvgIpc) is 2.70. The molecule has 0 saturated carbocycles.